The lowest BCUT2D eigenvalue weighted by Gasteiger charge is -2.35. The number of halogens is 1. The number of rotatable bonds is 7. The Bertz CT molecular complexity index is 335. The highest BCUT2D eigenvalue weighted by Gasteiger charge is 2.42. The van der Waals surface area contributed by atoms with E-state index in [1.165, 1.54) is 6.92 Å². The fourth-order valence-corrected chi connectivity index (χ4v) is 2.42. The van der Waals surface area contributed by atoms with Gasteiger partial charge in [0, 0.05) is 6.42 Å². The molecule has 6 nitrogen and oxygen atoms in total. The van der Waals surface area contributed by atoms with Crippen molar-refractivity contribution >= 4 is 40.9 Å². The summed E-state index contributed by atoms with van der Waals surface area (Å²) in [6.45, 7) is 3.46. The number of hydrogen-bond donors (Lipinski definition) is 1. The van der Waals surface area contributed by atoms with Crippen LogP contribution in [0.3, 0.4) is 0 Å². The second-order valence-corrected chi connectivity index (χ2v) is 5.47. The van der Waals surface area contributed by atoms with Crippen LogP contribution in [0, 0.1) is 5.92 Å². The number of amides is 1. The Kier molecular flexibility index (Phi) is 5.83. The molecule has 1 saturated heterocycles. The summed E-state index contributed by atoms with van der Waals surface area (Å²) in [4.78, 5) is 32.8. The molecule has 4 atom stereocenters. The lowest BCUT2D eigenvalue weighted by atomic mass is 9.92. The molecule has 1 aliphatic heterocycles. The molecule has 1 aliphatic rings. The van der Waals surface area contributed by atoms with E-state index in [0.717, 1.165) is 6.42 Å². The number of alkyl halides is 1. The van der Waals surface area contributed by atoms with Crippen LogP contribution in [0.15, 0.2) is 0 Å². The molecule has 1 heterocycles. The molecule has 0 aliphatic carbocycles. The fourth-order valence-electron chi connectivity index (χ4n) is 1.67. The Hall–Kier alpha value is -0.860. The van der Waals surface area contributed by atoms with Crippen molar-refractivity contribution < 1.29 is 23.9 Å². The first-order valence-electron chi connectivity index (χ1n) is 5.74. The molecule has 0 aromatic heterocycles. The van der Waals surface area contributed by atoms with Crippen LogP contribution < -0.4 is 5.32 Å². The summed E-state index contributed by atoms with van der Waals surface area (Å²) in [5.74, 6) is -0.778. The maximum atomic E-state index is 11.5. The van der Waals surface area contributed by atoms with Crippen LogP contribution in [0.25, 0.3) is 0 Å². The third-order valence-corrected chi connectivity index (χ3v) is 3.55. The molecule has 0 aromatic carbocycles. The van der Waals surface area contributed by atoms with Gasteiger partial charge in [0.15, 0.2) is 4.11 Å². The predicted molar refractivity (Wildman–Crippen MR) is 70.8 cm³/mol. The molecule has 1 rings (SSSR count). The molecule has 7 heteroatoms. The van der Waals surface area contributed by atoms with Crippen molar-refractivity contribution in [2.24, 2.45) is 5.92 Å². The second-order valence-electron chi connectivity index (χ2n) is 4.08. The molecule has 0 radical (unpaired) electrons. The van der Waals surface area contributed by atoms with Crippen LogP contribution in [0.1, 0.15) is 26.7 Å². The molecule has 102 valence electrons. The molecule has 1 fully saturated rings. The van der Waals surface area contributed by atoms with Crippen molar-refractivity contribution in [1.29, 1.82) is 0 Å². The van der Waals surface area contributed by atoms with Crippen molar-refractivity contribution in [3.8, 4) is 0 Å². The fraction of sp³-hybridized carbons (Fsp3) is 0.727. The van der Waals surface area contributed by atoms with Gasteiger partial charge < -0.3 is 14.8 Å². The minimum absolute atomic E-state index is 0.0912. The SMILES string of the molecule is CC[C@@H]1C(=O)O[C@H]1C[C@H](I)OC(=O)[C@H](C)NC=O. The number of hydrogen-bond acceptors (Lipinski definition) is 5. The van der Waals surface area contributed by atoms with E-state index in [1.807, 2.05) is 29.5 Å². The lowest BCUT2D eigenvalue weighted by Crippen LogP contribution is -2.46. The molecular weight excluding hydrogens is 353 g/mol. The van der Waals surface area contributed by atoms with Gasteiger partial charge in [-0.05, 0) is 35.9 Å². The zero-order valence-electron chi connectivity index (χ0n) is 10.2. The summed E-state index contributed by atoms with van der Waals surface area (Å²) in [6.07, 6.45) is 1.48. The average Bonchev–Trinajstić information content (AvgIpc) is 2.28. The highest BCUT2D eigenvalue weighted by Crippen LogP contribution is 2.30. The first-order valence-corrected chi connectivity index (χ1v) is 6.98. The van der Waals surface area contributed by atoms with Gasteiger partial charge in [-0.3, -0.25) is 9.59 Å². The van der Waals surface area contributed by atoms with Crippen molar-refractivity contribution in [3.63, 3.8) is 0 Å². The van der Waals surface area contributed by atoms with Crippen LogP contribution in [-0.4, -0.2) is 34.6 Å². The van der Waals surface area contributed by atoms with Crippen LogP contribution >= 0.6 is 22.6 Å². The minimum atomic E-state index is -0.675. The van der Waals surface area contributed by atoms with Gasteiger partial charge in [-0.15, -0.1) is 0 Å². The number of carbonyl (C=O) groups is 3. The van der Waals surface area contributed by atoms with Crippen molar-refractivity contribution in [2.75, 3.05) is 0 Å². The maximum absolute atomic E-state index is 11.5. The third kappa shape index (κ3) is 3.82. The van der Waals surface area contributed by atoms with Gasteiger partial charge in [0.05, 0.1) is 5.92 Å². The number of carbonyl (C=O) groups excluding carboxylic acids is 3. The Balaban J connectivity index is 2.33. The monoisotopic (exact) mass is 369 g/mol. The highest BCUT2D eigenvalue weighted by atomic mass is 127. The smallest absolute Gasteiger partial charge is 0.329 e. The van der Waals surface area contributed by atoms with Crippen molar-refractivity contribution in [1.82, 2.24) is 5.32 Å². The summed E-state index contributed by atoms with van der Waals surface area (Å²) in [5, 5.41) is 2.32. The van der Waals surface area contributed by atoms with Gasteiger partial charge >= 0.3 is 11.9 Å². The van der Waals surface area contributed by atoms with Crippen molar-refractivity contribution in [3.05, 3.63) is 0 Å². The highest BCUT2D eigenvalue weighted by molar-refractivity contribution is 14.1. The van der Waals surface area contributed by atoms with Crippen LogP contribution in [0.5, 0.6) is 0 Å². The predicted octanol–water partition coefficient (Wildman–Crippen LogP) is 0.767. The van der Waals surface area contributed by atoms with Crippen LogP contribution in [0.2, 0.25) is 0 Å². The first kappa shape index (κ1) is 15.2. The summed E-state index contributed by atoms with van der Waals surface area (Å²) in [6, 6.07) is -0.675. The maximum Gasteiger partial charge on any atom is 0.329 e. The standard InChI is InChI=1S/C11H16INO5/c1-3-7-8(17-11(7)16)4-9(12)18-10(15)6(2)13-5-14/h5-9H,3-4H2,1-2H3,(H,13,14)/t6-,7-,8-,9+/m0/s1. The summed E-state index contributed by atoms with van der Waals surface area (Å²) >= 11 is 1.97. The number of ether oxygens (including phenoxy) is 2. The first-order chi connectivity index (χ1) is 8.49. The van der Waals surface area contributed by atoms with Gasteiger partial charge in [0.2, 0.25) is 6.41 Å². The normalized spacial score (nSPS) is 25.4. The third-order valence-electron chi connectivity index (χ3n) is 2.79. The topological polar surface area (TPSA) is 81.7 Å². The number of esters is 2. The Labute approximate surface area is 119 Å². The molecule has 1 N–H and O–H groups in total. The quantitative estimate of drug-likeness (QED) is 0.310. The van der Waals surface area contributed by atoms with Crippen LogP contribution in [-0.2, 0) is 23.9 Å². The molecule has 0 aromatic rings. The molecule has 0 saturated carbocycles. The molecule has 0 bridgehead atoms. The number of cyclic esters (lactones) is 1. The van der Waals surface area contributed by atoms with Gasteiger partial charge in [0.1, 0.15) is 12.1 Å². The van der Waals surface area contributed by atoms with E-state index in [-0.39, 0.29) is 22.1 Å². The molecular formula is C11H16INO5. The van der Waals surface area contributed by atoms with Gasteiger partial charge in [-0.25, -0.2) is 4.79 Å². The molecule has 1 amide bonds. The van der Waals surface area contributed by atoms with Crippen molar-refractivity contribution in [2.45, 2.75) is 42.9 Å². The molecule has 18 heavy (non-hydrogen) atoms. The van der Waals surface area contributed by atoms with E-state index in [0.29, 0.717) is 12.8 Å². The van der Waals surface area contributed by atoms with E-state index in [9.17, 15) is 14.4 Å². The van der Waals surface area contributed by atoms with Gasteiger partial charge in [-0.2, -0.15) is 0 Å². The van der Waals surface area contributed by atoms with E-state index < -0.39 is 12.0 Å². The zero-order valence-corrected chi connectivity index (χ0v) is 12.4. The van der Waals surface area contributed by atoms with E-state index in [2.05, 4.69) is 5.32 Å². The Morgan fingerprint density at radius 3 is 2.83 bits per heavy atom. The van der Waals surface area contributed by atoms with E-state index >= 15 is 0 Å². The summed E-state index contributed by atoms with van der Waals surface area (Å²) < 4.78 is 9.75. The second kappa shape index (κ2) is 6.91. The molecule has 0 unspecified atom stereocenters. The molecule has 0 spiro atoms. The minimum Gasteiger partial charge on any atom is -0.461 e. The Morgan fingerprint density at radius 1 is 1.67 bits per heavy atom. The largest absolute Gasteiger partial charge is 0.461 e. The zero-order chi connectivity index (χ0) is 13.7. The summed E-state index contributed by atoms with van der Waals surface area (Å²) in [5.41, 5.74) is 0. The number of nitrogens with one attached hydrogen (secondary N) is 1. The average molecular weight is 369 g/mol. The summed E-state index contributed by atoms with van der Waals surface area (Å²) in [7, 11) is 0. The van der Waals surface area contributed by atoms with Gasteiger partial charge in [0.25, 0.3) is 0 Å². The van der Waals surface area contributed by atoms with E-state index in [1.54, 1.807) is 0 Å². The van der Waals surface area contributed by atoms with Crippen LogP contribution in [0.4, 0.5) is 0 Å². The van der Waals surface area contributed by atoms with Gasteiger partial charge in [-0.1, -0.05) is 6.92 Å². The lowest BCUT2D eigenvalue weighted by molar-refractivity contribution is -0.187. The van der Waals surface area contributed by atoms with E-state index in [4.69, 9.17) is 9.47 Å². The Morgan fingerprint density at radius 2 is 2.33 bits per heavy atom.